The van der Waals surface area contributed by atoms with E-state index in [4.69, 9.17) is 11.5 Å². The molecule has 8 nitrogen and oxygen atoms in total. The van der Waals surface area contributed by atoms with Gasteiger partial charge in [-0.05, 0) is 20.8 Å². The highest BCUT2D eigenvalue weighted by Gasteiger charge is 2.28. The number of quaternary nitrogens is 1. The van der Waals surface area contributed by atoms with Crippen molar-refractivity contribution in [2.24, 2.45) is 11.5 Å². The van der Waals surface area contributed by atoms with Crippen LogP contribution in [0.1, 0.15) is 27.2 Å². The summed E-state index contributed by atoms with van der Waals surface area (Å²) in [5.74, 6) is -0.170. The molecule has 0 unspecified atom stereocenters. The average Bonchev–Trinajstić information content (AvgIpc) is 2.46. The highest BCUT2D eigenvalue weighted by molar-refractivity contribution is 5.79. The maximum absolute atomic E-state index is 12.1. The Hall–Kier alpha value is -1.22. The fraction of sp³-hybridized carbons (Fsp3) is 0.875. The number of hydrogen-bond donors (Lipinski definition) is 5. The third-order valence-electron chi connectivity index (χ3n) is 3.51. The number of nitrogens with two attached hydrogens (primary N) is 2. The van der Waals surface area contributed by atoms with E-state index >= 15 is 0 Å². The molecule has 0 saturated heterocycles. The molecule has 24 heavy (non-hydrogen) atoms. The second kappa shape index (κ2) is 11.4. The van der Waals surface area contributed by atoms with E-state index in [2.05, 4.69) is 36.7 Å². The van der Waals surface area contributed by atoms with E-state index in [0.29, 0.717) is 30.7 Å². The van der Waals surface area contributed by atoms with Gasteiger partial charge in [-0.2, -0.15) is 0 Å². The molecule has 0 atom stereocenters. The Labute approximate surface area is 146 Å². The lowest BCUT2D eigenvalue weighted by Gasteiger charge is -2.33. The van der Waals surface area contributed by atoms with Crippen LogP contribution in [0.2, 0.25) is 0 Å². The minimum atomic E-state index is -0.0849. The Morgan fingerprint density at radius 3 is 1.75 bits per heavy atom. The van der Waals surface area contributed by atoms with Crippen LogP contribution >= 0.6 is 0 Å². The number of rotatable bonds is 12. The zero-order valence-corrected chi connectivity index (χ0v) is 15.8. The number of nitrogens with one attached hydrogen (secondary N) is 3. The van der Waals surface area contributed by atoms with E-state index in [9.17, 15) is 9.59 Å². The molecule has 0 bridgehead atoms. The van der Waals surface area contributed by atoms with E-state index in [1.807, 2.05) is 7.05 Å². The average molecular weight is 346 g/mol. The molecule has 0 aromatic carbocycles. The van der Waals surface area contributed by atoms with Crippen molar-refractivity contribution >= 4 is 11.8 Å². The topological polar surface area (TPSA) is 122 Å². The Bertz CT molecular complexity index is 359. The molecule has 7 N–H and O–H groups in total. The summed E-state index contributed by atoms with van der Waals surface area (Å²) in [6.45, 7) is 10.1. The fourth-order valence-electron chi connectivity index (χ4n) is 2.37. The normalized spacial score (nSPS) is 12.1. The van der Waals surface area contributed by atoms with Crippen molar-refractivity contribution in [3.05, 3.63) is 0 Å². The summed E-state index contributed by atoms with van der Waals surface area (Å²) >= 11 is 0. The molecule has 0 aliphatic carbocycles. The van der Waals surface area contributed by atoms with Gasteiger partial charge in [0.15, 0.2) is 13.1 Å². The number of hydrogen-bond acceptors (Lipinski definition) is 5. The lowest BCUT2D eigenvalue weighted by Crippen LogP contribution is -2.56. The minimum absolute atomic E-state index is 0.0560. The lowest BCUT2D eigenvalue weighted by molar-refractivity contribution is -0.894. The molecule has 0 saturated carbocycles. The van der Waals surface area contributed by atoms with E-state index in [1.165, 1.54) is 0 Å². The Morgan fingerprint density at radius 2 is 1.38 bits per heavy atom. The van der Waals surface area contributed by atoms with Crippen molar-refractivity contribution in [3.63, 3.8) is 0 Å². The van der Waals surface area contributed by atoms with Crippen molar-refractivity contribution in [2.75, 3.05) is 59.4 Å². The first kappa shape index (κ1) is 22.8. The maximum Gasteiger partial charge on any atom is 0.275 e. The third kappa shape index (κ3) is 12.2. The Kier molecular flexibility index (Phi) is 10.8. The van der Waals surface area contributed by atoms with Crippen LogP contribution in [0.25, 0.3) is 0 Å². The summed E-state index contributed by atoms with van der Waals surface area (Å²) in [6, 6.07) is 0. The number of amides is 2. The Morgan fingerprint density at radius 1 is 0.917 bits per heavy atom. The molecule has 0 aromatic rings. The predicted octanol–water partition coefficient (Wildman–Crippen LogP) is -1.64. The molecule has 0 aliphatic rings. The first-order valence-corrected chi connectivity index (χ1v) is 8.64. The molecule has 0 heterocycles. The predicted molar refractivity (Wildman–Crippen MR) is 97.3 cm³/mol. The monoisotopic (exact) mass is 345 g/mol. The molecule has 0 aromatic heterocycles. The van der Waals surface area contributed by atoms with Crippen LogP contribution in [0.3, 0.4) is 0 Å². The quantitative estimate of drug-likeness (QED) is 0.214. The van der Waals surface area contributed by atoms with Crippen LogP contribution in [0.15, 0.2) is 0 Å². The highest BCUT2D eigenvalue weighted by atomic mass is 16.2. The first-order valence-electron chi connectivity index (χ1n) is 8.64. The lowest BCUT2D eigenvalue weighted by atomic mass is 10.1. The second-order valence-electron chi connectivity index (χ2n) is 7.47. The summed E-state index contributed by atoms with van der Waals surface area (Å²) in [7, 11) is 1.93. The smallest absolute Gasteiger partial charge is 0.275 e. The molecule has 0 rings (SSSR count). The molecule has 0 aliphatic heterocycles. The van der Waals surface area contributed by atoms with E-state index in [1.54, 1.807) is 0 Å². The van der Waals surface area contributed by atoms with E-state index < -0.39 is 0 Å². The van der Waals surface area contributed by atoms with Gasteiger partial charge in [-0.3, -0.25) is 9.59 Å². The summed E-state index contributed by atoms with van der Waals surface area (Å²) < 4.78 is 0.360. The molecule has 0 radical (unpaired) electrons. The first-order chi connectivity index (χ1) is 11.1. The minimum Gasteiger partial charge on any atom is -0.350 e. The van der Waals surface area contributed by atoms with Gasteiger partial charge in [0.25, 0.3) is 11.8 Å². The fourth-order valence-corrected chi connectivity index (χ4v) is 2.37. The molecule has 0 spiro atoms. The zero-order valence-electron chi connectivity index (χ0n) is 15.8. The Balaban J connectivity index is 4.61. The number of carbonyl (C=O) groups excluding carboxylic acids is 2. The summed E-state index contributed by atoms with van der Waals surface area (Å²) in [5, 5.41) is 8.97. The van der Waals surface area contributed by atoms with Crippen molar-refractivity contribution in [3.8, 4) is 0 Å². The van der Waals surface area contributed by atoms with Crippen LogP contribution < -0.4 is 27.4 Å². The second-order valence-corrected chi connectivity index (χ2v) is 7.47. The zero-order chi connectivity index (χ0) is 18.6. The van der Waals surface area contributed by atoms with Crippen LogP contribution in [0.4, 0.5) is 0 Å². The number of likely N-dealkylation sites (N-methyl/N-ethyl adjacent to an activating group) is 1. The molecular formula is C16H37N6O2+. The molecule has 0 fully saturated rings. The molecule has 142 valence electrons. The van der Waals surface area contributed by atoms with Crippen LogP contribution in [-0.2, 0) is 9.59 Å². The highest BCUT2D eigenvalue weighted by Crippen LogP contribution is 2.05. The third-order valence-corrected chi connectivity index (χ3v) is 3.51. The van der Waals surface area contributed by atoms with E-state index in [-0.39, 0.29) is 30.4 Å². The van der Waals surface area contributed by atoms with Gasteiger partial charge in [-0.25, -0.2) is 0 Å². The number of nitrogens with zero attached hydrogens (tertiary/aromatic N) is 1. The molecular weight excluding hydrogens is 308 g/mol. The van der Waals surface area contributed by atoms with Gasteiger partial charge in [-0.15, -0.1) is 0 Å². The van der Waals surface area contributed by atoms with Gasteiger partial charge < -0.3 is 31.9 Å². The van der Waals surface area contributed by atoms with Gasteiger partial charge in [0.2, 0.25) is 0 Å². The van der Waals surface area contributed by atoms with Crippen molar-refractivity contribution in [1.29, 1.82) is 0 Å². The van der Waals surface area contributed by atoms with Crippen LogP contribution in [0.5, 0.6) is 0 Å². The van der Waals surface area contributed by atoms with Crippen LogP contribution in [-0.4, -0.2) is 81.2 Å². The van der Waals surface area contributed by atoms with Crippen molar-refractivity contribution in [2.45, 2.75) is 32.7 Å². The van der Waals surface area contributed by atoms with Gasteiger partial charge in [-0.1, -0.05) is 0 Å². The van der Waals surface area contributed by atoms with Crippen molar-refractivity contribution < 1.29 is 14.1 Å². The van der Waals surface area contributed by atoms with Crippen molar-refractivity contribution in [1.82, 2.24) is 16.0 Å². The standard InChI is InChI=1S/C16H36N6O2/c1-16(2,3)21-8-5-11-22(4,12-14(23)19-9-6-17)13-15(24)20-10-7-18/h21H,5-13,17-18H2,1-4H3,(H-,19,20,23,24)/p+1. The summed E-state index contributed by atoms with van der Waals surface area (Å²) in [4.78, 5) is 24.1. The maximum atomic E-state index is 12.1. The molecule has 2 amide bonds. The summed E-state index contributed by atoms with van der Waals surface area (Å²) in [6.07, 6.45) is 0.877. The SMILES string of the molecule is CC(C)(C)NCCC[N+](C)(CC(=O)NCCN)CC(=O)NCCN. The van der Waals surface area contributed by atoms with Gasteiger partial charge >= 0.3 is 0 Å². The largest absolute Gasteiger partial charge is 0.350 e. The molecule has 8 heteroatoms. The van der Waals surface area contributed by atoms with Gasteiger partial charge in [0.1, 0.15) is 0 Å². The van der Waals surface area contributed by atoms with Crippen LogP contribution in [0, 0.1) is 0 Å². The number of carbonyl (C=O) groups is 2. The van der Waals surface area contributed by atoms with E-state index in [0.717, 1.165) is 19.5 Å². The van der Waals surface area contributed by atoms with Gasteiger partial charge in [0, 0.05) is 44.7 Å². The van der Waals surface area contributed by atoms with Gasteiger partial charge in [0.05, 0.1) is 13.6 Å². The summed E-state index contributed by atoms with van der Waals surface area (Å²) in [5.41, 5.74) is 10.9.